The van der Waals surface area contributed by atoms with Crippen molar-refractivity contribution in [2.24, 2.45) is 0 Å². The van der Waals surface area contributed by atoms with Crippen LogP contribution < -0.4 is 5.32 Å². The maximum Gasteiger partial charge on any atom is 0.333 e. The van der Waals surface area contributed by atoms with Crippen molar-refractivity contribution in [1.29, 1.82) is 0 Å². The Balaban J connectivity index is 2.37. The van der Waals surface area contributed by atoms with Crippen molar-refractivity contribution in [1.82, 2.24) is 5.32 Å². The molecule has 138 valence electrons. The largest absolute Gasteiger partial charge is 0.341 e. The van der Waals surface area contributed by atoms with Gasteiger partial charge in [-0.25, -0.2) is 0 Å². The predicted molar refractivity (Wildman–Crippen MR) is 99.1 cm³/mol. The molecule has 0 radical (unpaired) electrons. The van der Waals surface area contributed by atoms with Gasteiger partial charge in [-0.1, -0.05) is 62.4 Å². The third-order valence-electron chi connectivity index (χ3n) is 4.23. The van der Waals surface area contributed by atoms with Crippen LogP contribution in [0, 0.1) is 0 Å². The van der Waals surface area contributed by atoms with Crippen molar-refractivity contribution in [3.8, 4) is 0 Å². The zero-order valence-electron chi connectivity index (χ0n) is 14.6. The number of hydrogen-bond acceptors (Lipinski definition) is 3. The Morgan fingerprint density at radius 1 is 1.00 bits per heavy atom. The molecule has 1 amide bonds. The highest BCUT2D eigenvalue weighted by Crippen LogP contribution is 2.37. The molecular formula is C19H22NO5P. The van der Waals surface area contributed by atoms with Crippen molar-refractivity contribution in [2.45, 2.75) is 25.3 Å². The number of rotatable bonds is 7. The fraction of sp³-hybridized carbons (Fsp3) is 0.263. The van der Waals surface area contributed by atoms with Crippen molar-refractivity contribution in [2.75, 3.05) is 6.16 Å². The summed E-state index contributed by atoms with van der Waals surface area (Å²) in [6, 6.07) is 16.3. The minimum Gasteiger partial charge on any atom is -0.341 e. The SMILES string of the molecule is CC(C)(c1ccccc1)[C@H](NC(=O)c1ccccc1)C(=O)CP(=O)(O)O. The van der Waals surface area contributed by atoms with Gasteiger partial charge in [0.2, 0.25) is 0 Å². The van der Waals surface area contributed by atoms with Gasteiger partial charge in [-0.3, -0.25) is 14.2 Å². The molecule has 2 aromatic carbocycles. The van der Waals surface area contributed by atoms with Gasteiger partial charge in [0.25, 0.3) is 5.91 Å². The number of carbonyl (C=O) groups is 2. The van der Waals surface area contributed by atoms with Crippen LogP contribution in [-0.2, 0) is 14.8 Å². The third-order valence-corrected chi connectivity index (χ3v) is 4.96. The molecule has 6 nitrogen and oxygen atoms in total. The monoisotopic (exact) mass is 375 g/mol. The van der Waals surface area contributed by atoms with E-state index in [-0.39, 0.29) is 0 Å². The first-order valence-corrected chi connectivity index (χ1v) is 9.90. The highest BCUT2D eigenvalue weighted by Gasteiger charge is 2.39. The van der Waals surface area contributed by atoms with E-state index in [2.05, 4.69) is 5.32 Å². The van der Waals surface area contributed by atoms with Crippen LogP contribution >= 0.6 is 7.60 Å². The molecule has 0 heterocycles. The standard InChI is InChI=1S/C19H22NO5P/c1-19(2,15-11-7-4-8-12-15)17(16(21)13-26(23,24)25)20-18(22)14-9-5-3-6-10-14/h3-12,17H,13H2,1-2H3,(H,20,22)(H2,23,24,25)/t17-/m1/s1. The average Bonchev–Trinajstić information content (AvgIpc) is 2.59. The summed E-state index contributed by atoms with van der Waals surface area (Å²) in [4.78, 5) is 43.6. The Kier molecular flexibility index (Phi) is 6.13. The molecule has 26 heavy (non-hydrogen) atoms. The molecule has 0 saturated heterocycles. The smallest absolute Gasteiger partial charge is 0.333 e. The zero-order chi connectivity index (χ0) is 19.4. The van der Waals surface area contributed by atoms with E-state index in [1.54, 1.807) is 56.3 Å². The first-order valence-electron chi connectivity index (χ1n) is 8.10. The minimum atomic E-state index is -4.55. The summed E-state index contributed by atoms with van der Waals surface area (Å²) in [7, 11) is -4.55. The zero-order valence-corrected chi connectivity index (χ0v) is 15.5. The van der Waals surface area contributed by atoms with Crippen LogP contribution in [-0.4, -0.2) is 33.7 Å². The van der Waals surface area contributed by atoms with E-state index in [4.69, 9.17) is 0 Å². The molecule has 7 heteroatoms. The summed E-state index contributed by atoms with van der Waals surface area (Å²) in [5.41, 5.74) is 0.278. The van der Waals surface area contributed by atoms with Gasteiger partial charge >= 0.3 is 7.60 Å². The van der Waals surface area contributed by atoms with Crippen LogP contribution in [0.3, 0.4) is 0 Å². The number of carbonyl (C=O) groups excluding carboxylic acids is 2. The lowest BCUT2D eigenvalue weighted by molar-refractivity contribution is -0.120. The van der Waals surface area contributed by atoms with E-state index in [1.807, 2.05) is 18.2 Å². The quantitative estimate of drug-likeness (QED) is 0.645. The molecule has 0 aromatic heterocycles. The molecule has 2 rings (SSSR count). The first-order chi connectivity index (χ1) is 12.1. The normalized spacial score (nSPS) is 13.1. The number of benzene rings is 2. The second-order valence-electron chi connectivity index (χ2n) is 6.65. The van der Waals surface area contributed by atoms with Crippen LogP contribution in [0.4, 0.5) is 0 Å². The molecule has 1 atom stereocenters. The number of hydrogen-bond donors (Lipinski definition) is 3. The van der Waals surface area contributed by atoms with E-state index in [0.29, 0.717) is 5.56 Å². The Morgan fingerprint density at radius 2 is 1.50 bits per heavy atom. The van der Waals surface area contributed by atoms with Crippen LogP contribution in [0.5, 0.6) is 0 Å². The topological polar surface area (TPSA) is 104 Å². The molecule has 2 aromatic rings. The predicted octanol–water partition coefficient (Wildman–Crippen LogP) is 2.51. The summed E-state index contributed by atoms with van der Waals surface area (Å²) >= 11 is 0. The van der Waals surface area contributed by atoms with Gasteiger partial charge < -0.3 is 15.1 Å². The van der Waals surface area contributed by atoms with E-state index in [0.717, 1.165) is 5.56 Å². The van der Waals surface area contributed by atoms with Gasteiger partial charge in [-0.05, 0) is 17.7 Å². The molecule has 0 aliphatic heterocycles. The average molecular weight is 375 g/mol. The van der Waals surface area contributed by atoms with Gasteiger partial charge in [0.15, 0.2) is 5.78 Å². The van der Waals surface area contributed by atoms with Crippen molar-refractivity contribution in [3.05, 3.63) is 71.8 Å². The van der Waals surface area contributed by atoms with Gasteiger partial charge in [0.05, 0.1) is 6.04 Å². The van der Waals surface area contributed by atoms with Crippen LogP contribution in [0.2, 0.25) is 0 Å². The van der Waals surface area contributed by atoms with Gasteiger partial charge in [0.1, 0.15) is 6.16 Å². The van der Waals surface area contributed by atoms with Crippen LogP contribution in [0.25, 0.3) is 0 Å². The number of nitrogens with one attached hydrogen (secondary N) is 1. The molecule has 0 aliphatic rings. The van der Waals surface area contributed by atoms with Crippen molar-refractivity contribution >= 4 is 19.3 Å². The maximum atomic E-state index is 12.6. The lowest BCUT2D eigenvalue weighted by atomic mass is 9.76. The van der Waals surface area contributed by atoms with Gasteiger partial charge in [-0.2, -0.15) is 0 Å². The Hall–Kier alpha value is -2.27. The Bertz CT molecular complexity index is 814. The molecule has 0 bridgehead atoms. The second kappa shape index (κ2) is 7.96. The molecule has 3 N–H and O–H groups in total. The maximum absolute atomic E-state index is 12.6. The third kappa shape index (κ3) is 5.11. The summed E-state index contributed by atoms with van der Waals surface area (Å²) in [5, 5.41) is 2.66. The van der Waals surface area contributed by atoms with Crippen LogP contribution in [0.1, 0.15) is 29.8 Å². The molecule has 0 saturated carbocycles. The fourth-order valence-corrected chi connectivity index (χ4v) is 3.38. The van der Waals surface area contributed by atoms with E-state index in [9.17, 15) is 23.9 Å². The number of Topliss-reactive ketones (excluding diaryl/α,β-unsaturated/α-hetero) is 1. The van der Waals surface area contributed by atoms with Gasteiger partial charge in [0, 0.05) is 11.0 Å². The number of amides is 1. The van der Waals surface area contributed by atoms with Gasteiger partial charge in [-0.15, -0.1) is 0 Å². The van der Waals surface area contributed by atoms with Crippen LogP contribution in [0.15, 0.2) is 60.7 Å². The Labute approximate surface area is 152 Å². The summed E-state index contributed by atoms with van der Waals surface area (Å²) in [5.74, 6) is -1.19. The number of ketones is 1. The lowest BCUT2D eigenvalue weighted by Gasteiger charge is -2.34. The fourth-order valence-electron chi connectivity index (χ4n) is 2.80. The molecule has 0 unspecified atom stereocenters. The minimum absolute atomic E-state index is 0.366. The second-order valence-corrected chi connectivity index (χ2v) is 8.29. The highest BCUT2D eigenvalue weighted by atomic mass is 31.2. The molecule has 0 spiro atoms. The summed E-state index contributed by atoms with van der Waals surface area (Å²) in [6.45, 7) is 3.52. The molecule has 0 aliphatic carbocycles. The van der Waals surface area contributed by atoms with Crippen molar-refractivity contribution in [3.63, 3.8) is 0 Å². The van der Waals surface area contributed by atoms with E-state index >= 15 is 0 Å². The summed E-state index contributed by atoms with van der Waals surface area (Å²) < 4.78 is 11.3. The van der Waals surface area contributed by atoms with E-state index < -0.39 is 36.9 Å². The summed E-state index contributed by atoms with van der Waals surface area (Å²) in [6.07, 6.45) is -0.928. The highest BCUT2D eigenvalue weighted by molar-refractivity contribution is 7.52. The lowest BCUT2D eigenvalue weighted by Crippen LogP contribution is -2.53. The first kappa shape index (κ1) is 20.0. The molecule has 0 fully saturated rings. The Morgan fingerprint density at radius 3 is 2.00 bits per heavy atom. The van der Waals surface area contributed by atoms with Crippen molar-refractivity contribution < 1.29 is 23.9 Å². The molecular weight excluding hydrogens is 353 g/mol. The van der Waals surface area contributed by atoms with E-state index in [1.165, 1.54) is 0 Å².